The lowest BCUT2D eigenvalue weighted by atomic mass is 10.1. The van der Waals surface area contributed by atoms with Crippen LogP contribution >= 0.6 is 0 Å². The molecule has 1 heterocycles. The van der Waals surface area contributed by atoms with E-state index >= 15 is 0 Å². The number of rotatable bonds is 4. The summed E-state index contributed by atoms with van der Waals surface area (Å²) in [5.41, 5.74) is 1.22. The first-order valence-electron chi connectivity index (χ1n) is 8.77. The third kappa shape index (κ3) is 3.35. The third-order valence-corrected chi connectivity index (χ3v) is 4.38. The number of nitrogens with one attached hydrogen (secondary N) is 1. The van der Waals surface area contributed by atoms with Crippen molar-refractivity contribution in [2.24, 2.45) is 0 Å². The van der Waals surface area contributed by atoms with Gasteiger partial charge in [-0.2, -0.15) is 9.78 Å². The summed E-state index contributed by atoms with van der Waals surface area (Å²) in [6.07, 6.45) is 0. The molecule has 6 heteroatoms. The van der Waals surface area contributed by atoms with Gasteiger partial charge in [-0.25, -0.2) is 0 Å². The maximum atomic E-state index is 12.9. The summed E-state index contributed by atoms with van der Waals surface area (Å²) in [6.45, 7) is 0.230. The van der Waals surface area contributed by atoms with E-state index in [4.69, 9.17) is 0 Å². The first-order valence-corrected chi connectivity index (χ1v) is 8.77. The quantitative estimate of drug-likeness (QED) is 0.578. The Morgan fingerprint density at radius 2 is 1.64 bits per heavy atom. The van der Waals surface area contributed by atoms with Crippen LogP contribution in [-0.4, -0.2) is 20.8 Å². The second-order valence-corrected chi connectivity index (χ2v) is 6.30. The van der Waals surface area contributed by atoms with Crippen molar-refractivity contribution in [1.29, 1.82) is 0 Å². The predicted molar refractivity (Wildman–Crippen MR) is 107 cm³/mol. The highest BCUT2D eigenvalue weighted by molar-refractivity contribution is 6.04. The molecule has 0 saturated carbocycles. The molecule has 6 nitrogen and oxygen atoms in total. The minimum atomic E-state index is -0.399. The van der Waals surface area contributed by atoms with Crippen LogP contribution < -0.4 is 10.9 Å². The maximum Gasteiger partial charge on any atom is 0.279 e. The molecule has 1 amide bonds. The topological polar surface area (TPSA) is 84.2 Å². The highest BCUT2D eigenvalue weighted by Gasteiger charge is 2.17. The zero-order chi connectivity index (χ0) is 19.5. The Hall–Kier alpha value is -3.93. The molecule has 0 atom stereocenters. The Bertz CT molecular complexity index is 1220. The molecule has 2 N–H and O–H groups in total. The van der Waals surface area contributed by atoms with Crippen molar-refractivity contribution in [3.63, 3.8) is 0 Å². The number of fused-ring (bicyclic) bond motifs is 1. The number of phenols is 1. The van der Waals surface area contributed by atoms with E-state index in [1.54, 1.807) is 72.8 Å². The number of aromatic hydroxyl groups is 1. The summed E-state index contributed by atoms with van der Waals surface area (Å²) >= 11 is 0. The predicted octanol–water partition coefficient (Wildman–Crippen LogP) is 3.02. The van der Waals surface area contributed by atoms with E-state index in [-0.39, 0.29) is 23.5 Å². The molecule has 0 aliphatic carbocycles. The van der Waals surface area contributed by atoms with Gasteiger partial charge in [-0.05, 0) is 35.9 Å². The second kappa shape index (κ2) is 7.36. The number of hydrogen-bond acceptors (Lipinski definition) is 4. The molecular formula is C22H17N3O3. The zero-order valence-corrected chi connectivity index (χ0v) is 14.9. The summed E-state index contributed by atoms with van der Waals surface area (Å²) in [5, 5.41) is 17.6. The number of nitrogens with zero attached hydrogens (tertiary/aromatic N) is 2. The van der Waals surface area contributed by atoms with Crippen molar-refractivity contribution >= 4 is 16.7 Å². The lowest BCUT2D eigenvalue weighted by Crippen LogP contribution is -2.29. The number of para-hydroxylation sites is 1. The Morgan fingerprint density at radius 3 is 2.39 bits per heavy atom. The molecule has 1 aromatic heterocycles. The van der Waals surface area contributed by atoms with Crippen LogP contribution in [0.5, 0.6) is 5.75 Å². The highest BCUT2D eigenvalue weighted by atomic mass is 16.3. The van der Waals surface area contributed by atoms with Crippen LogP contribution in [-0.2, 0) is 6.54 Å². The fourth-order valence-electron chi connectivity index (χ4n) is 3.03. The third-order valence-electron chi connectivity index (χ3n) is 4.38. The van der Waals surface area contributed by atoms with Gasteiger partial charge in [0.2, 0.25) is 0 Å². The molecule has 4 rings (SSSR count). The number of carbonyl (C=O) groups is 1. The number of amides is 1. The van der Waals surface area contributed by atoms with Gasteiger partial charge >= 0.3 is 0 Å². The average molecular weight is 371 g/mol. The normalized spacial score (nSPS) is 10.7. The minimum Gasteiger partial charge on any atom is -0.508 e. The number of benzene rings is 3. The second-order valence-electron chi connectivity index (χ2n) is 6.30. The maximum absolute atomic E-state index is 12.9. The van der Waals surface area contributed by atoms with Gasteiger partial charge in [0.05, 0.1) is 11.1 Å². The lowest BCUT2D eigenvalue weighted by Gasteiger charge is -2.11. The van der Waals surface area contributed by atoms with Crippen LogP contribution in [0.1, 0.15) is 16.1 Å². The van der Waals surface area contributed by atoms with Crippen LogP contribution in [0.2, 0.25) is 0 Å². The lowest BCUT2D eigenvalue weighted by molar-refractivity contribution is 0.0946. The molecule has 0 spiro atoms. The highest BCUT2D eigenvalue weighted by Crippen LogP contribution is 2.16. The minimum absolute atomic E-state index is 0.132. The molecule has 138 valence electrons. The Balaban J connectivity index is 1.76. The van der Waals surface area contributed by atoms with Gasteiger partial charge < -0.3 is 10.4 Å². The van der Waals surface area contributed by atoms with E-state index in [2.05, 4.69) is 10.4 Å². The van der Waals surface area contributed by atoms with Crippen LogP contribution in [0.15, 0.2) is 83.7 Å². The van der Waals surface area contributed by atoms with E-state index in [9.17, 15) is 14.7 Å². The van der Waals surface area contributed by atoms with Crippen molar-refractivity contribution in [3.05, 3.63) is 100 Å². The van der Waals surface area contributed by atoms with Crippen molar-refractivity contribution in [1.82, 2.24) is 15.1 Å². The van der Waals surface area contributed by atoms with E-state index in [0.717, 1.165) is 5.56 Å². The zero-order valence-electron chi connectivity index (χ0n) is 14.9. The van der Waals surface area contributed by atoms with Crippen LogP contribution in [0.25, 0.3) is 16.5 Å². The van der Waals surface area contributed by atoms with Gasteiger partial charge in [0.25, 0.3) is 11.5 Å². The van der Waals surface area contributed by atoms with Gasteiger partial charge in [-0.15, -0.1) is 0 Å². The number of aromatic nitrogens is 2. The summed E-state index contributed by atoms with van der Waals surface area (Å²) in [6, 6.07) is 22.6. The Kier molecular flexibility index (Phi) is 4.60. The van der Waals surface area contributed by atoms with E-state index < -0.39 is 5.91 Å². The fourth-order valence-corrected chi connectivity index (χ4v) is 3.03. The number of carbonyl (C=O) groups excluding carboxylic acids is 1. The number of hydrogen-bond donors (Lipinski definition) is 2. The molecule has 28 heavy (non-hydrogen) atoms. The van der Waals surface area contributed by atoms with Crippen LogP contribution in [0.4, 0.5) is 0 Å². The first kappa shape index (κ1) is 17.5. The molecule has 0 radical (unpaired) electrons. The largest absolute Gasteiger partial charge is 0.508 e. The van der Waals surface area contributed by atoms with Crippen molar-refractivity contribution in [2.45, 2.75) is 6.54 Å². The van der Waals surface area contributed by atoms with Crippen molar-refractivity contribution in [2.75, 3.05) is 0 Å². The van der Waals surface area contributed by atoms with E-state index in [0.29, 0.717) is 16.5 Å². The fraction of sp³-hybridized carbons (Fsp3) is 0.0455. The van der Waals surface area contributed by atoms with Crippen LogP contribution in [0, 0.1) is 0 Å². The van der Waals surface area contributed by atoms with E-state index in [1.165, 1.54) is 4.68 Å². The number of phenolic OH excluding ortho intramolecular Hbond substituents is 1. The monoisotopic (exact) mass is 371 g/mol. The molecule has 0 fully saturated rings. The van der Waals surface area contributed by atoms with Gasteiger partial charge in [0.15, 0.2) is 5.69 Å². The van der Waals surface area contributed by atoms with E-state index in [1.807, 2.05) is 6.07 Å². The molecule has 0 aliphatic rings. The SMILES string of the molecule is O=C(NCc1cccc(O)c1)c1nn(-c2ccccc2)c(=O)c2ccccc12. The Labute approximate surface area is 160 Å². The molecule has 0 bridgehead atoms. The molecule has 3 aromatic carbocycles. The Morgan fingerprint density at radius 1 is 0.929 bits per heavy atom. The summed E-state index contributed by atoms with van der Waals surface area (Å²) in [7, 11) is 0. The van der Waals surface area contributed by atoms with Gasteiger partial charge in [-0.1, -0.05) is 48.5 Å². The molecule has 0 unspecified atom stereocenters. The van der Waals surface area contributed by atoms with Gasteiger partial charge in [0.1, 0.15) is 5.75 Å². The smallest absolute Gasteiger partial charge is 0.279 e. The standard InChI is InChI=1S/C22H17N3O3/c26-17-10-6-7-15(13-17)14-23-21(27)20-18-11-4-5-12-19(18)22(28)25(24-20)16-8-2-1-3-9-16/h1-13,26H,14H2,(H,23,27). The summed E-state index contributed by atoms with van der Waals surface area (Å²) < 4.78 is 1.24. The summed E-state index contributed by atoms with van der Waals surface area (Å²) in [4.78, 5) is 25.7. The average Bonchev–Trinajstić information content (AvgIpc) is 2.73. The molecular weight excluding hydrogens is 354 g/mol. The molecule has 4 aromatic rings. The van der Waals surface area contributed by atoms with Crippen LogP contribution in [0.3, 0.4) is 0 Å². The molecule has 0 aliphatic heterocycles. The van der Waals surface area contributed by atoms with Gasteiger partial charge in [-0.3, -0.25) is 9.59 Å². The van der Waals surface area contributed by atoms with Crippen molar-refractivity contribution < 1.29 is 9.90 Å². The summed E-state index contributed by atoms with van der Waals surface area (Å²) in [5.74, 6) is -0.267. The molecule has 0 saturated heterocycles. The first-order chi connectivity index (χ1) is 13.6. The van der Waals surface area contributed by atoms with Gasteiger partial charge in [0, 0.05) is 11.9 Å². The van der Waals surface area contributed by atoms with Crippen molar-refractivity contribution in [3.8, 4) is 11.4 Å².